The summed E-state index contributed by atoms with van der Waals surface area (Å²) in [5, 5.41) is 12.1. The molecule has 0 atom stereocenters. The summed E-state index contributed by atoms with van der Waals surface area (Å²) in [6.07, 6.45) is 0. The second kappa shape index (κ2) is 8.90. The predicted molar refractivity (Wildman–Crippen MR) is 103 cm³/mol. The van der Waals surface area contributed by atoms with E-state index in [9.17, 15) is 14.0 Å². The molecule has 1 aliphatic rings. The van der Waals surface area contributed by atoms with Crippen LogP contribution in [-0.4, -0.2) is 48.7 Å². The Morgan fingerprint density at radius 2 is 1.79 bits per heavy atom. The molecule has 0 fully saturated rings. The largest absolute Gasteiger partial charge is 0.466 e. The molecular formula is C20H19FN2O4S. The third-order valence-electron chi connectivity index (χ3n) is 4.13. The third-order valence-corrected chi connectivity index (χ3v) is 5.14. The van der Waals surface area contributed by atoms with E-state index in [-0.39, 0.29) is 42.7 Å². The van der Waals surface area contributed by atoms with Crippen molar-refractivity contribution in [2.45, 2.75) is 9.79 Å². The number of nitrogens with one attached hydrogen (secondary N) is 1. The molecule has 6 nitrogen and oxygen atoms in total. The first-order chi connectivity index (χ1) is 13.5. The van der Waals surface area contributed by atoms with Gasteiger partial charge in [0, 0.05) is 22.0 Å². The van der Waals surface area contributed by atoms with Crippen LogP contribution in [0.2, 0.25) is 0 Å². The van der Waals surface area contributed by atoms with Gasteiger partial charge in [-0.1, -0.05) is 11.8 Å². The molecule has 3 rings (SSSR count). The average Bonchev–Trinajstić information content (AvgIpc) is 3.01. The van der Waals surface area contributed by atoms with Crippen molar-refractivity contribution in [3.63, 3.8) is 0 Å². The molecule has 0 aromatic heterocycles. The van der Waals surface area contributed by atoms with Gasteiger partial charge >= 0.3 is 5.97 Å². The minimum atomic E-state index is -0.584. The van der Waals surface area contributed by atoms with Crippen LogP contribution in [0.3, 0.4) is 0 Å². The fourth-order valence-electron chi connectivity index (χ4n) is 2.74. The Kier molecular flexibility index (Phi) is 6.33. The Labute approximate surface area is 166 Å². The summed E-state index contributed by atoms with van der Waals surface area (Å²) < 4.78 is 17.8. The van der Waals surface area contributed by atoms with Crippen LogP contribution in [0.15, 0.2) is 69.6 Å². The molecule has 0 bridgehead atoms. The predicted octanol–water partition coefficient (Wildman–Crippen LogP) is 2.65. The van der Waals surface area contributed by atoms with Crippen LogP contribution in [0.25, 0.3) is 0 Å². The summed E-state index contributed by atoms with van der Waals surface area (Å²) in [5.41, 5.74) is 1.02. The summed E-state index contributed by atoms with van der Waals surface area (Å²) in [5.74, 6) is -1.23. The highest BCUT2D eigenvalue weighted by atomic mass is 32.2. The van der Waals surface area contributed by atoms with Gasteiger partial charge in [0.2, 0.25) is 0 Å². The van der Waals surface area contributed by atoms with E-state index in [1.54, 1.807) is 24.3 Å². The fourth-order valence-corrected chi connectivity index (χ4v) is 3.55. The molecule has 0 saturated carbocycles. The van der Waals surface area contributed by atoms with Gasteiger partial charge in [-0.25, -0.2) is 9.18 Å². The number of halogens is 1. The Morgan fingerprint density at radius 1 is 1.18 bits per heavy atom. The summed E-state index contributed by atoms with van der Waals surface area (Å²) >= 11 is 1.48. The zero-order valence-electron chi connectivity index (χ0n) is 15.1. The van der Waals surface area contributed by atoms with Gasteiger partial charge < -0.3 is 20.1 Å². The smallest absolute Gasteiger partial charge is 0.337 e. The molecule has 28 heavy (non-hydrogen) atoms. The van der Waals surface area contributed by atoms with Crippen LogP contribution in [0.5, 0.6) is 0 Å². The zero-order chi connectivity index (χ0) is 20.1. The number of hydrogen-bond donors (Lipinski definition) is 2. The molecule has 1 amide bonds. The van der Waals surface area contributed by atoms with Gasteiger partial charge in [-0.05, 0) is 48.5 Å². The Hall–Kier alpha value is -2.84. The highest BCUT2D eigenvalue weighted by Crippen LogP contribution is 2.29. The normalized spacial score (nSPS) is 13.8. The fraction of sp³-hybridized carbons (Fsp3) is 0.200. The number of aliphatic hydroxyl groups excluding tert-OH is 1. The summed E-state index contributed by atoms with van der Waals surface area (Å²) in [6, 6.07) is 13.5. The van der Waals surface area contributed by atoms with Crippen LogP contribution < -0.4 is 5.32 Å². The molecule has 146 valence electrons. The van der Waals surface area contributed by atoms with E-state index < -0.39 is 5.97 Å². The van der Waals surface area contributed by atoms with Crippen molar-refractivity contribution in [1.29, 1.82) is 0 Å². The SMILES string of the molecule is COC(=O)C1=C(Nc2ccc(Sc3ccc(F)cc3)cc2)C(=O)N(CCO)C1. The molecule has 2 aromatic carbocycles. The van der Waals surface area contributed by atoms with Crippen molar-refractivity contribution in [3.05, 3.63) is 65.6 Å². The lowest BCUT2D eigenvalue weighted by atomic mass is 10.2. The molecule has 0 unspecified atom stereocenters. The number of β-amino-alcohol motifs (C(OH)–C–C–N with tert-alkyl or cyclic N) is 1. The number of esters is 1. The van der Waals surface area contributed by atoms with Crippen molar-refractivity contribution in [2.75, 3.05) is 32.1 Å². The average molecular weight is 402 g/mol. The van der Waals surface area contributed by atoms with E-state index in [2.05, 4.69) is 5.32 Å². The van der Waals surface area contributed by atoms with Crippen LogP contribution in [-0.2, 0) is 14.3 Å². The number of aliphatic hydroxyl groups is 1. The zero-order valence-corrected chi connectivity index (χ0v) is 16.0. The Morgan fingerprint density at radius 3 is 2.36 bits per heavy atom. The molecule has 1 aliphatic heterocycles. The minimum Gasteiger partial charge on any atom is -0.466 e. The number of carbonyl (C=O) groups excluding carboxylic acids is 2. The van der Waals surface area contributed by atoms with Crippen LogP contribution in [0.4, 0.5) is 10.1 Å². The Bertz CT molecular complexity index is 897. The molecule has 1 heterocycles. The highest BCUT2D eigenvalue weighted by molar-refractivity contribution is 7.99. The highest BCUT2D eigenvalue weighted by Gasteiger charge is 2.34. The first-order valence-corrected chi connectivity index (χ1v) is 9.35. The third kappa shape index (κ3) is 4.52. The number of anilines is 1. The molecule has 0 radical (unpaired) electrons. The maximum atomic E-state index is 13.0. The first kappa shape index (κ1) is 19.9. The van der Waals surface area contributed by atoms with Crippen molar-refractivity contribution in [1.82, 2.24) is 4.90 Å². The number of rotatable bonds is 7. The summed E-state index contributed by atoms with van der Waals surface area (Å²) in [7, 11) is 1.26. The number of nitrogens with zero attached hydrogens (tertiary/aromatic N) is 1. The molecule has 0 aliphatic carbocycles. The number of amides is 1. The van der Waals surface area contributed by atoms with Crippen molar-refractivity contribution in [3.8, 4) is 0 Å². The lowest BCUT2D eigenvalue weighted by Crippen LogP contribution is -2.31. The van der Waals surface area contributed by atoms with E-state index in [0.717, 1.165) is 9.79 Å². The molecule has 2 N–H and O–H groups in total. The van der Waals surface area contributed by atoms with Gasteiger partial charge in [0.15, 0.2) is 0 Å². The maximum Gasteiger partial charge on any atom is 0.337 e. The van der Waals surface area contributed by atoms with E-state index in [1.807, 2.05) is 12.1 Å². The van der Waals surface area contributed by atoms with Gasteiger partial charge in [-0.15, -0.1) is 0 Å². The molecular weight excluding hydrogens is 383 g/mol. The number of benzene rings is 2. The second-order valence-electron chi connectivity index (χ2n) is 6.00. The first-order valence-electron chi connectivity index (χ1n) is 8.54. The van der Waals surface area contributed by atoms with E-state index >= 15 is 0 Å². The standard InChI is InChI=1S/C20H19FN2O4S/c1-27-20(26)17-12-23(10-11-24)19(25)18(17)22-14-4-8-16(9-5-14)28-15-6-2-13(21)3-7-15/h2-9,22,24H,10-12H2,1H3. The Balaban J connectivity index is 1.75. The second-order valence-corrected chi connectivity index (χ2v) is 7.15. The lowest BCUT2D eigenvalue weighted by Gasteiger charge is -2.15. The van der Waals surface area contributed by atoms with Gasteiger partial charge in [-0.2, -0.15) is 0 Å². The van der Waals surface area contributed by atoms with Gasteiger partial charge in [0.1, 0.15) is 11.5 Å². The number of ether oxygens (including phenoxy) is 1. The van der Waals surface area contributed by atoms with Crippen molar-refractivity contribution >= 4 is 29.3 Å². The van der Waals surface area contributed by atoms with Crippen molar-refractivity contribution < 1.29 is 23.8 Å². The van der Waals surface area contributed by atoms with Gasteiger partial charge in [0.25, 0.3) is 5.91 Å². The van der Waals surface area contributed by atoms with Gasteiger partial charge in [0.05, 0.1) is 25.8 Å². The van der Waals surface area contributed by atoms with E-state index in [4.69, 9.17) is 9.84 Å². The van der Waals surface area contributed by atoms with Crippen LogP contribution in [0.1, 0.15) is 0 Å². The number of hydrogen-bond acceptors (Lipinski definition) is 6. The maximum absolute atomic E-state index is 13.0. The van der Waals surface area contributed by atoms with Gasteiger partial charge in [-0.3, -0.25) is 4.79 Å². The quantitative estimate of drug-likeness (QED) is 0.694. The molecule has 0 spiro atoms. The molecule has 2 aromatic rings. The molecule has 0 saturated heterocycles. The summed E-state index contributed by atoms with van der Waals surface area (Å²) in [6.45, 7) is 0.0352. The lowest BCUT2D eigenvalue weighted by molar-refractivity contribution is -0.136. The summed E-state index contributed by atoms with van der Waals surface area (Å²) in [4.78, 5) is 27.7. The van der Waals surface area contributed by atoms with Crippen molar-refractivity contribution in [2.24, 2.45) is 0 Å². The topological polar surface area (TPSA) is 78.9 Å². The minimum absolute atomic E-state index is 0.0902. The van der Waals surface area contributed by atoms with Crippen LogP contribution in [0, 0.1) is 5.82 Å². The monoisotopic (exact) mass is 402 g/mol. The van der Waals surface area contributed by atoms with E-state index in [0.29, 0.717) is 5.69 Å². The number of methoxy groups -OCH3 is 1. The van der Waals surface area contributed by atoms with E-state index in [1.165, 1.54) is 35.9 Å². The molecule has 8 heteroatoms. The van der Waals surface area contributed by atoms with Crippen LogP contribution >= 0.6 is 11.8 Å². The number of carbonyl (C=O) groups is 2.